The van der Waals surface area contributed by atoms with Gasteiger partial charge in [-0.25, -0.2) is 9.37 Å². The SMILES string of the molecule is COc1ncccc1C(O)Cc1cc(Cl)ccc1F. The fourth-order valence-corrected chi connectivity index (χ4v) is 2.04. The number of aliphatic hydroxyl groups excluding tert-OH is 1. The van der Waals surface area contributed by atoms with Gasteiger partial charge in [-0.15, -0.1) is 0 Å². The number of benzene rings is 1. The second-order valence-corrected chi connectivity index (χ2v) is 4.49. The third-order valence-electron chi connectivity index (χ3n) is 2.77. The number of hydrogen-bond acceptors (Lipinski definition) is 3. The van der Waals surface area contributed by atoms with E-state index in [1.807, 2.05) is 0 Å². The van der Waals surface area contributed by atoms with Crippen LogP contribution in [0.3, 0.4) is 0 Å². The van der Waals surface area contributed by atoms with Gasteiger partial charge in [0.2, 0.25) is 5.88 Å². The molecule has 1 N–H and O–H groups in total. The molecular weight excluding hydrogens is 269 g/mol. The van der Waals surface area contributed by atoms with Gasteiger partial charge in [0.05, 0.1) is 13.2 Å². The zero-order chi connectivity index (χ0) is 13.8. The Morgan fingerprint density at radius 1 is 1.42 bits per heavy atom. The second-order valence-electron chi connectivity index (χ2n) is 4.06. The summed E-state index contributed by atoms with van der Waals surface area (Å²) < 4.78 is 18.7. The fourth-order valence-electron chi connectivity index (χ4n) is 1.85. The largest absolute Gasteiger partial charge is 0.481 e. The summed E-state index contributed by atoms with van der Waals surface area (Å²) in [7, 11) is 1.47. The molecule has 0 bridgehead atoms. The minimum atomic E-state index is -0.906. The quantitative estimate of drug-likeness (QED) is 0.936. The van der Waals surface area contributed by atoms with Crippen molar-refractivity contribution in [2.75, 3.05) is 7.11 Å². The van der Waals surface area contributed by atoms with Gasteiger partial charge in [0.1, 0.15) is 5.82 Å². The topological polar surface area (TPSA) is 42.4 Å². The van der Waals surface area contributed by atoms with Gasteiger partial charge in [0, 0.05) is 23.2 Å². The first-order chi connectivity index (χ1) is 9.11. The number of rotatable bonds is 4. The monoisotopic (exact) mass is 281 g/mol. The molecule has 1 heterocycles. The molecular formula is C14H13ClFNO2. The molecule has 0 fully saturated rings. The van der Waals surface area contributed by atoms with Crippen molar-refractivity contribution >= 4 is 11.6 Å². The highest BCUT2D eigenvalue weighted by atomic mass is 35.5. The average molecular weight is 282 g/mol. The zero-order valence-electron chi connectivity index (χ0n) is 10.3. The number of halogens is 2. The summed E-state index contributed by atoms with van der Waals surface area (Å²) in [5, 5.41) is 10.6. The average Bonchev–Trinajstić information content (AvgIpc) is 2.42. The molecule has 1 aromatic heterocycles. The van der Waals surface area contributed by atoms with E-state index in [9.17, 15) is 9.50 Å². The van der Waals surface area contributed by atoms with E-state index in [4.69, 9.17) is 16.3 Å². The zero-order valence-corrected chi connectivity index (χ0v) is 11.1. The maximum absolute atomic E-state index is 13.6. The Morgan fingerprint density at radius 3 is 2.95 bits per heavy atom. The van der Waals surface area contributed by atoms with E-state index in [2.05, 4.69) is 4.98 Å². The molecule has 0 aliphatic carbocycles. The number of pyridine rings is 1. The molecule has 0 spiro atoms. The van der Waals surface area contributed by atoms with Gasteiger partial charge in [-0.1, -0.05) is 11.6 Å². The van der Waals surface area contributed by atoms with Gasteiger partial charge in [-0.05, 0) is 35.9 Å². The highest BCUT2D eigenvalue weighted by molar-refractivity contribution is 6.30. The van der Waals surface area contributed by atoms with Gasteiger partial charge in [0.25, 0.3) is 0 Å². The van der Waals surface area contributed by atoms with E-state index < -0.39 is 11.9 Å². The fraction of sp³-hybridized carbons (Fsp3) is 0.214. The van der Waals surface area contributed by atoms with Crippen molar-refractivity contribution in [3.8, 4) is 5.88 Å². The molecule has 1 unspecified atom stereocenters. The minimum absolute atomic E-state index is 0.106. The van der Waals surface area contributed by atoms with Crippen LogP contribution in [0.4, 0.5) is 4.39 Å². The highest BCUT2D eigenvalue weighted by Crippen LogP contribution is 2.27. The summed E-state index contributed by atoms with van der Waals surface area (Å²) >= 11 is 5.82. The Balaban J connectivity index is 2.25. The van der Waals surface area contributed by atoms with Crippen molar-refractivity contribution < 1.29 is 14.2 Å². The number of hydrogen-bond donors (Lipinski definition) is 1. The molecule has 0 aliphatic rings. The van der Waals surface area contributed by atoms with Crippen molar-refractivity contribution in [3.63, 3.8) is 0 Å². The lowest BCUT2D eigenvalue weighted by Gasteiger charge is -2.14. The normalized spacial score (nSPS) is 12.2. The highest BCUT2D eigenvalue weighted by Gasteiger charge is 2.16. The number of methoxy groups -OCH3 is 1. The molecule has 19 heavy (non-hydrogen) atoms. The maximum Gasteiger partial charge on any atom is 0.218 e. The smallest absolute Gasteiger partial charge is 0.218 e. The summed E-state index contributed by atoms with van der Waals surface area (Å²) in [5.74, 6) is -0.0660. The van der Waals surface area contributed by atoms with Gasteiger partial charge in [-0.3, -0.25) is 0 Å². The molecule has 0 aliphatic heterocycles. The Labute approximate surface area is 115 Å². The van der Waals surface area contributed by atoms with Crippen LogP contribution in [0, 0.1) is 5.82 Å². The lowest BCUT2D eigenvalue weighted by atomic mass is 10.0. The molecule has 2 aromatic rings. The molecule has 0 saturated heterocycles. The third-order valence-corrected chi connectivity index (χ3v) is 3.01. The van der Waals surface area contributed by atoms with Gasteiger partial charge in [-0.2, -0.15) is 0 Å². The number of nitrogens with zero attached hydrogens (tertiary/aromatic N) is 1. The van der Waals surface area contributed by atoms with Crippen LogP contribution in [0.1, 0.15) is 17.2 Å². The Morgan fingerprint density at radius 2 is 2.21 bits per heavy atom. The Bertz CT molecular complexity index is 577. The lowest BCUT2D eigenvalue weighted by molar-refractivity contribution is 0.171. The van der Waals surface area contributed by atoms with Gasteiger partial charge >= 0.3 is 0 Å². The van der Waals surface area contributed by atoms with Crippen molar-refractivity contribution in [1.82, 2.24) is 4.98 Å². The Hall–Kier alpha value is -1.65. The summed E-state index contributed by atoms with van der Waals surface area (Å²) in [5.41, 5.74) is 0.871. The van der Waals surface area contributed by atoms with E-state index in [1.54, 1.807) is 18.3 Å². The van der Waals surface area contributed by atoms with Crippen molar-refractivity contribution in [2.24, 2.45) is 0 Å². The predicted octanol–water partition coefficient (Wildman–Crippen LogP) is 3.16. The molecule has 5 heteroatoms. The van der Waals surface area contributed by atoms with E-state index in [-0.39, 0.29) is 6.42 Å². The lowest BCUT2D eigenvalue weighted by Crippen LogP contribution is -2.06. The summed E-state index contributed by atoms with van der Waals surface area (Å²) in [4.78, 5) is 4.00. The molecule has 2 rings (SSSR count). The third kappa shape index (κ3) is 3.22. The first-order valence-electron chi connectivity index (χ1n) is 5.72. The van der Waals surface area contributed by atoms with Crippen LogP contribution in [-0.4, -0.2) is 17.2 Å². The Kier molecular flexibility index (Phi) is 4.35. The summed E-state index contributed by atoms with van der Waals surface area (Å²) in [6.45, 7) is 0. The van der Waals surface area contributed by atoms with Crippen LogP contribution in [0.25, 0.3) is 0 Å². The summed E-state index contributed by atoms with van der Waals surface area (Å²) in [6.07, 6.45) is 0.764. The molecule has 0 saturated carbocycles. The second kappa shape index (κ2) is 5.99. The number of ether oxygens (including phenoxy) is 1. The number of aliphatic hydroxyl groups is 1. The predicted molar refractivity (Wildman–Crippen MR) is 70.9 cm³/mol. The van der Waals surface area contributed by atoms with Crippen LogP contribution in [0.2, 0.25) is 5.02 Å². The van der Waals surface area contributed by atoms with E-state index in [0.717, 1.165) is 0 Å². The molecule has 0 radical (unpaired) electrons. The van der Waals surface area contributed by atoms with E-state index in [0.29, 0.717) is 22.0 Å². The first kappa shape index (κ1) is 13.8. The first-order valence-corrected chi connectivity index (χ1v) is 6.10. The summed E-state index contributed by atoms with van der Waals surface area (Å²) in [6, 6.07) is 7.64. The molecule has 1 atom stereocenters. The van der Waals surface area contributed by atoms with Gasteiger partial charge < -0.3 is 9.84 Å². The number of aromatic nitrogens is 1. The maximum atomic E-state index is 13.6. The van der Waals surface area contributed by atoms with Crippen LogP contribution in [-0.2, 0) is 6.42 Å². The van der Waals surface area contributed by atoms with Gasteiger partial charge in [0.15, 0.2) is 0 Å². The van der Waals surface area contributed by atoms with Crippen LogP contribution < -0.4 is 4.74 Å². The van der Waals surface area contributed by atoms with Crippen molar-refractivity contribution in [1.29, 1.82) is 0 Å². The van der Waals surface area contributed by atoms with Crippen LogP contribution in [0.5, 0.6) is 5.88 Å². The van der Waals surface area contributed by atoms with Crippen molar-refractivity contribution in [3.05, 3.63) is 58.5 Å². The van der Waals surface area contributed by atoms with Crippen LogP contribution >= 0.6 is 11.6 Å². The molecule has 0 amide bonds. The van der Waals surface area contributed by atoms with E-state index in [1.165, 1.54) is 25.3 Å². The van der Waals surface area contributed by atoms with Crippen LogP contribution in [0.15, 0.2) is 36.5 Å². The van der Waals surface area contributed by atoms with Crippen molar-refractivity contribution in [2.45, 2.75) is 12.5 Å². The molecule has 1 aromatic carbocycles. The molecule has 100 valence electrons. The minimum Gasteiger partial charge on any atom is -0.481 e. The standard InChI is InChI=1S/C14H13ClFNO2/c1-19-14-11(3-2-6-17-14)13(18)8-9-7-10(15)4-5-12(9)16/h2-7,13,18H,8H2,1H3. The molecule has 3 nitrogen and oxygen atoms in total. The van der Waals surface area contributed by atoms with E-state index >= 15 is 0 Å².